The second-order valence-electron chi connectivity index (χ2n) is 7.56. The predicted molar refractivity (Wildman–Crippen MR) is 116 cm³/mol. The van der Waals surface area contributed by atoms with Crippen LogP contribution in [0.5, 0.6) is 5.75 Å². The van der Waals surface area contributed by atoms with Crippen molar-refractivity contribution in [1.82, 2.24) is 15.1 Å². The van der Waals surface area contributed by atoms with E-state index < -0.39 is 0 Å². The van der Waals surface area contributed by atoms with Crippen molar-refractivity contribution in [2.24, 2.45) is 4.99 Å². The Balaban J connectivity index is 1.85. The van der Waals surface area contributed by atoms with E-state index in [-0.39, 0.29) is 0 Å². The zero-order valence-corrected chi connectivity index (χ0v) is 17.2. The number of fused-ring (bicyclic) bond motifs is 3. The number of benzene rings is 1. The van der Waals surface area contributed by atoms with E-state index in [4.69, 9.17) is 14.2 Å². The van der Waals surface area contributed by atoms with E-state index in [0.29, 0.717) is 0 Å². The van der Waals surface area contributed by atoms with Crippen LogP contribution in [0.1, 0.15) is 31.0 Å². The van der Waals surface area contributed by atoms with Crippen LogP contribution in [0.4, 0.5) is 0 Å². The maximum atomic E-state index is 5.77. The number of hydrogen-bond donors (Lipinski definition) is 1. The van der Waals surface area contributed by atoms with Crippen molar-refractivity contribution in [3.05, 3.63) is 47.1 Å². The molecule has 0 spiro atoms. The van der Waals surface area contributed by atoms with Crippen molar-refractivity contribution < 1.29 is 9.26 Å². The van der Waals surface area contributed by atoms with Crippen molar-refractivity contribution in [2.75, 3.05) is 13.7 Å². The van der Waals surface area contributed by atoms with E-state index in [2.05, 4.69) is 41.1 Å². The Morgan fingerprint density at radius 1 is 1.10 bits per heavy atom. The molecule has 1 aliphatic heterocycles. The standard InChI is InChI=1S/C23H22N4O2/c1-11-10-25-12(2)20(11)23-22-15-9-19(28-5)16(21-13(3)27-29-14(21)4)8-18(15)26-17(22)6-7-24-23/h6-9,26H,10H2,1-5H3. The Kier molecular flexibility index (Phi) is 3.84. The number of hydrogen-bond acceptors (Lipinski definition) is 5. The minimum atomic E-state index is 0.737. The van der Waals surface area contributed by atoms with Crippen molar-refractivity contribution in [1.29, 1.82) is 0 Å². The van der Waals surface area contributed by atoms with Gasteiger partial charge in [0.2, 0.25) is 0 Å². The number of aryl methyl sites for hydroxylation is 2. The first-order valence-corrected chi connectivity index (χ1v) is 9.62. The van der Waals surface area contributed by atoms with Gasteiger partial charge in [0.05, 0.1) is 36.1 Å². The Hall–Kier alpha value is -3.41. The molecule has 4 aromatic rings. The molecule has 0 unspecified atom stereocenters. The molecule has 1 N–H and O–H groups in total. The fraction of sp³-hybridized carbons (Fsp3) is 0.261. The number of aliphatic imine (C=N–C) groups is 1. The van der Waals surface area contributed by atoms with Crippen molar-refractivity contribution in [3.63, 3.8) is 0 Å². The first-order chi connectivity index (χ1) is 14.0. The lowest BCUT2D eigenvalue weighted by molar-refractivity contribution is 0.393. The molecule has 0 aliphatic carbocycles. The number of aromatic nitrogens is 3. The van der Waals surface area contributed by atoms with Gasteiger partial charge in [0.25, 0.3) is 0 Å². The number of methoxy groups -OCH3 is 1. The molecule has 3 aromatic heterocycles. The molecule has 0 bridgehead atoms. The van der Waals surface area contributed by atoms with Gasteiger partial charge in [-0.1, -0.05) is 5.16 Å². The van der Waals surface area contributed by atoms with Gasteiger partial charge in [0, 0.05) is 39.3 Å². The van der Waals surface area contributed by atoms with Gasteiger partial charge in [-0.2, -0.15) is 0 Å². The molecule has 29 heavy (non-hydrogen) atoms. The van der Waals surface area contributed by atoms with E-state index in [1.54, 1.807) is 7.11 Å². The second-order valence-corrected chi connectivity index (χ2v) is 7.56. The minimum Gasteiger partial charge on any atom is -0.496 e. The van der Waals surface area contributed by atoms with Crippen LogP contribution < -0.4 is 4.74 Å². The van der Waals surface area contributed by atoms with E-state index in [9.17, 15) is 0 Å². The molecule has 6 heteroatoms. The van der Waals surface area contributed by atoms with Gasteiger partial charge in [0.15, 0.2) is 0 Å². The Labute approximate surface area is 168 Å². The monoisotopic (exact) mass is 386 g/mol. The molecule has 4 heterocycles. The topological polar surface area (TPSA) is 76.3 Å². The zero-order valence-electron chi connectivity index (χ0n) is 17.2. The van der Waals surface area contributed by atoms with Crippen LogP contribution in [0.25, 0.3) is 38.5 Å². The lowest BCUT2D eigenvalue weighted by Gasteiger charge is -2.10. The summed E-state index contributed by atoms with van der Waals surface area (Å²) >= 11 is 0. The Morgan fingerprint density at radius 3 is 2.59 bits per heavy atom. The lowest BCUT2D eigenvalue weighted by Crippen LogP contribution is -1.98. The van der Waals surface area contributed by atoms with E-state index >= 15 is 0 Å². The van der Waals surface area contributed by atoms with Crippen LogP contribution in [-0.2, 0) is 0 Å². The number of ether oxygens (including phenoxy) is 1. The number of nitrogens with zero attached hydrogens (tertiary/aromatic N) is 3. The van der Waals surface area contributed by atoms with E-state index in [0.717, 1.165) is 73.7 Å². The second kappa shape index (κ2) is 6.30. The molecule has 1 aromatic carbocycles. The molecule has 0 amide bonds. The third kappa shape index (κ3) is 2.52. The van der Waals surface area contributed by atoms with Gasteiger partial charge in [-0.25, -0.2) is 0 Å². The average molecular weight is 386 g/mol. The summed E-state index contributed by atoms with van der Waals surface area (Å²) in [6.45, 7) is 8.78. The molecule has 6 nitrogen and oxygen atoms in total. The summed E-state index contributed by atoms with van der Waals surface area (Å²) in [7, 11) is 1.69. The van der Waals surface area contributed by atoms with Crippen LogP contribution in [0.2, 0.25) is 0 Å². The van der Waals surface area contributed by atoms with Gasteiger partial charge < -0.3 is 14.2 Å². The highest BCUT2D eigenvalue weighted by molar-refractivity contribution is 6.29. The molecule has 5 rings (SSSR count). The number of allylic oxidation sites excluding steroid dienone is 1. The minimum absolute atomic E-state index is 0.737. The van der Waals surface area contributed by atoms with Crippen LogP contribution in [-0.4, -0.2) is 34.5 Å². The first-order valence-electron chi connectivity index (χ1n) is 9.62. The quantitative estimate of drug-likeness (QED) is 0.522. The number of pyridine rings is 1. The molecule has 0 fully saturated rings. The van der Waals surface area contributed by atoms with Crippen molar-refractivity contribution in [3.8, 4) is 16.9 Å². The third-order valence-corrected chi connectivity index (χ3v) is 5.71. The summed E-state index contributed by atoms with van der Waals surface area (Å²) in [5, 5.41) is 6.28. The molecule has 146 valence electrons. The van der Waals surface area contributed by atoms with Crippen LogP contribution in [0, 0.1) is 13.8 Å². The Morgan fingerprint density at radius 2 is 1.93 bits per heavy atom. The van der Waals surface area contributed by atoms with Gasteiger partial charge in [-0.05, 0) is 51.5 Å². The largest absolute Gasteiger partial charge is 0.496 e. The van der Waals surface area contributed by atoms with Crippen LogP contribution >= 0.6 is 0 Å². The number of aromatic amines is 1. The summed E-state index contributed by atoms with van der Waals surface area (Å²) in [5.41, 5.74) is 9.25. The SMILES string of the molecule is COc1cc2c(cc1-c1c(C)noc1C)[nH]c1ccnc(C3=C(C)CN=C3C)c12. The van der Waals surface area contributed by atoms with Crippen LogP contribution in [0.3, 0.4) is 0 Å². The molecule has 1 aliphatic rings. The molecule has 0 atom stereocenters. The summed E-state index contributed by atoms with van der Waals surface area (Å²) in [5.74, 6) is 1.56. The van der Waals surface area contributed by atoms with Gasteiger partial charge >= 0.3 is 0 Å². The highest BCUT2D eigenvalue weighted by Crippen LogP contribution is 2.41. The van der Waals surface area contributed by atoms with Gasteiger partial charge in [-0.15, -0.1) is 0 Å². The fourth-order valence-electron chi connectivity index (χ4n) is 4.37. The molecular formula is C23H22N4O2. The molecule has 0 saturated carbocycles. The van der Waals surface area contributed by atoms with Crippen LogP contribution in [0.15, 0.2) is 39.5 Å². The normalized spacial score (nSPS) is 14.3. The number of H-pyrrole nitrogens is 1. The fourth-order valence-corrected chi connectivity index (χ4v) is 4.37. The summed E-state index contributed by atoms with van der Waals surface area (Å²) in [4.78, 5) is 12.9. The predicted octanol–water partition coefficient (Wildman–Crippen LogP) is 5.24. The zero-order chi connectivity index (χ0) is 20.3. The van der Waals surface area contributed by atoms with Gasteiger partial charge in [0.1, 0.15) is 11.5 Å². The average Bonchev–Trinajstić information content (AvgIpc) is 3.35. The van der Waals surface area contributed by atoms with Crippen molar-refractivity contribution in [2.45, 2.75) is 27.7 Å². The maximum absolute atomic E-state index is 5.77. The van der Waals surface area contributed by atoms with Crippen molar-refractivity contribution >= 4 is 33.1 Å². The molecule has 0 radical (unpaired) electrons. The maximum Gasteiger partial charge on any atom is 0.141 e. The van der Waals surface area contributed by atoms with E-state index in [1.165, 1.54) is 5.57 Å². The third-order valence-electron chi connectivity index (χ3n) is 5.71. The lowest BCUT2D eigenvalue weighted by atomic mass is 9.97. The number of rotatable bonds is 3. The molecular weight excluding hydrogens is 364 g/mol. The summed E-state index contributed by atoms with van der Waals surface area (Å²) in [6.07, 6.45) is 1.85. The van der Waals surface area contributed by atoms with Gasteiger partial charge in [-0.3, -0.25) is 9.98 Å². The highest BCUT2D eigenvalue weighted by Gasteiger charge is 2.23. The highest BCUT2D eigenvalue weighted by atomic mass is 16.5. The summed E-state index contributed by atoms with van der Waals surface area (Å²) < 4.78 is 11.2. The first kappa shape index (κ1) is 17.7. The summed E-state index contributed by atoms with van der Waals surface area (Å²) in [6, 6.07) is 6.21. The van der Waals surface area contributed by atoms with E-state index in [1.807, 2.05) is 26.1 Å². The smallest absolute Gasteiger partial charge is 0.141 e. The Bertz CT molecular complexity index is 1330. The molecule has 0 saturated heterocycles. The number of nitrogens with one attached hydrogen (secondary N) is 1.